The highest BCUT2D eigenvalue weighted by atomic mass is 35.5. The molecule has 22 heavy (non-hydrogen) atoms. The molecule has 1 heterocycles. The molecule has 0 radical (unpaired) electrons. The van der Waals surface area contributed by atoms with E-state index in [-0.39, 0.29) is 23.9 Å². The van der Waals surface area contributed by atoms with Crippen molar-refractivity contribution in [3.8, 4) is 5.69 Å². The fraction of sp³-hybridized carbons (Fsp3) is 0.429. The number of tetrazole rings is 1. The van der Waals surface area contributed by atoms with Crippen molar-refractivity contribution in [2.75, 3.05) is 6.54 Å². The molecule has 1 aromatic carbocycles. The number of amides is 1. The number of carbonyl (C=O) groups is 1. The summed E-state index contributed by atoms with van der Waals surface area (Å²) in [6, 6.07) is 7.10. The van der Waals surface area contributed by atoms with Crippen LogP contribution < -0.4 is 11.1 Å². The molecule has 1 amide bonds. The smallest absolute Gasteiger partial charge is 0.251 e. The van der Waals surface area contributed by atoms with Crippen molar-refractivity contribution >= 4 is 18.3 Å². The quantitative estimate of drug-likeness (QED) is 0.835. The van der Waals surface area contributed by atoms with Crippen LogP contribution >= 0.6 is 12.4 Å². The van der Waals surface area contributed by atoms with E-state index in [0.717, 1.165) is 18.5 Å². The van der Waals surface area contributed by atoms with Crippen molar-refractivity contribution in [3.63, 3.8) is 0 Å². The van der Waals surface area contributed by atoms with Crippen LogP contribution in [-0.2, 0) is 0 Å². The molecule has 7 nitrogen and oxygen atoms in total. The molecule has 3 N–H and O–H groups in total. The molecular formula is C14H21ClN6O. The first-order chi connectivity index (χ1) is 10.1. The van der Waals surface area contributed by atoms with Gasteiger partial charge in [-0.05, 0) is 47.5 Å². The third-order valence-electron chi connectivity index (χ3n) is 3.87. The Morgan fingerprint density at radius 1 is 1.27 bits per heavy atom. The van der Waals surface area contributed by atoms with Crippen LogP contribution in [0.15, 0.2) is 30.6 Å². The molecule has 0 unspecified atom stereocenters. The third kappa shape index (κ3) is 3.80. The minimum absolute atomic E-state index is 0. The Morgan fingerprint density at radius 3 is 2.36 bits per heavy atom. The Morgan fingerprint density at radius 2 is 1.91 bits per heavy atom. The van der Waals surface area contributed by atoms with E-state index in [2.05, 4.69) is 20.8 Å². The monoisotopic (exact) mass is 324 g/mol. The molecule has 8 heteroatoms. The molecule has 0 atom stereocenters. The Bertz CT molecular complexity index is 572. The van der Waals surface area contributed by atoms with Gasteiger partial charge in [0.1, 0.15) is 6.33 Å². The van der Waals surface area contributed by atoms with Crippen molar-refractivity contribution in [1.82, 2.24) is 25.5 Å². The van der Waals surface area contributed by atoms with Crippen molar-refractivity contribution < 1.29 is 4.79 Å². The van der Waals surface area contributed by atoms with E-state index < -0.39 is 0 Å². The lowest BCUT2D eigenvalue weighted by molar-refractivity contribution is 0.0895. The number of rotatable bonds is 6. The summed E-state index contributed by atoms with van der Waals surface area (Å²) in [6.07, 6.45) is 3.10. The number of carbonyl (C=O) groups excluding carboxylic acids is 1. The van der Waals surface area contributed by atoms with Crippen LogP contribution in [0.2, 0.25) is 0 Å². The largest absolute Gasteiger partial charge is 0.345 e. The van der Waals surface area contributed by atoms with Crippen LogP contribution in [0.1, 0.15) is 37.0 Å². The van der Waals surface area contributed by atoms with Gasteiger partial charge in [-0.3, -0.25) is 4.79 Å². The number of nitrogens with two attached hydrogens (primary N) is 1. The zero-order valence-electron chi connectivity index (χ0n) is 12.7. The minimum atomic E-state index is -0.342. The number of halogens is 1. The SMILES string of the molecule is CCC(CC)(CN)NC(=O)c1ccc(-n2cnnn2)cc1.Cl. The molecule has 0 saturated carbocycles. The lowest BCUT2D eigenvalue weighted by Gasteiger charge is -2.31. The second-order valence-electron chi connectivity index (χ2n) is 4.95. The number of benzene rings is 1. The van der Waals surface area contributed by atoms with Gasteiger partial charge < -0.3 is 11.1 Å². The minimum Gasteiger partial charge on any atom is -0.345 e. The van der Waals surface area contributed by atoms with Crippen LogP contribution in [0.4, 0.5) is 0 Å². The van der Waals surface area contributed by atoms with E-state index in [1.165, 1.54) is 11.0 Å². The Labute approximate surface area is 135 Å². The molecule has 0 saturated heterocycles. The summed E-state index contributed by atoms with van der Waals surface area (Å²) in [6.45, 7) is 4.48. The fourth-order valence-corrected chi connectivity index (χ4v) is 2.12. The first kappa shape index (κ1) is 18.1. The number of hydrogen-bond acceptors (Lipinski definition) is 5. The van der Waals surface area contributed by atoms with Crippen LogP contribution in [0.3, 0.4) is 0 Å². The predicted octanol–water partition coefficient (Wildman–Crippen LogP) is 1.33. The van der Waals surface area contributed by atoms with Gasteiger partial charge in [0.2, 0.25) is 0 Å². The van der Waals surface area contributed by atoms with E-state index in [4.69, 9.17) is 5.73 Å². The summed E-state index contributed by atoms with van der Waals surface area (Å²) < 4.78 is 1.53. The van der Waals surface area contributed by atoms with E-state index in [0.29, 0.717) is 12.1 Å². The zero-order chi connectivity index (χ0) is 15.3. The summed E-state index contributed by atoms with van der Waals surface area (Å²) in [5.41, 5.74) is 6.85. The maximum absolute atomic E-state index is 12.3. The molecule has 120 valence electrons. The van der Waals surface area contributed by atoms with Gasteiger partial charge in [-0.15, -0.1) is 17.5 Å². The summed E-state index contributed by atoms with van der Waals surface area (Å²) in [7, 11) is 0. The van der Waals surface area contributed by atoms with Crippen molar-refractivity contribution in [2.24, 2.45) is 5.73 Å². The summed E-state index contributed by atoms with van der Waals surface area (Å²) in [4.78, 5) is 12.3. The van der Waals surface area contributed by atoms with Gasteiger partial charge in [-0.25, -0.2) is 4.68 Å². The van der Waals surface area contributed by atoms with Gasteiger partial charge in [0, 0.05) is 12.1 Å². The standard InChI is InChI=1S/C14H20N6O.ClH/c1-3-14(4-2,9-15)17-13(21)11-5-7-12(8-6-11)20-10-16-18-19-20;/h5-8,10H,3-4,9,15H2,1-2H3,(H,17,21);1H. The van der Waals surface area contributed by atoms with Gasteiger partial charge in [-0.2, -0.15) is 0 Å². The van der Waals surface area contributed by atoms with Crippen LogP contribution in [0, 0.1) is 0 Å². The first-order valence-corrected chi connectivity index (χ1v) is 7.00. The molecule has 2 aromatic rings. The second kappa shape index (κ2) is 7.86. The fourth-order valence-electron chi connectivity index (χ4n) is 2.12. The highest BCUT2D eigenvalue weighted by molar-refractivity contribution is 5.94. The van der Waals surface area contributed by atoms with Gasteiger partial charge >= 0.3 is 0 Å². The first-order valence-electron chi connectivity index (χ1n) is 7.00. The lowest BCUT2D eigenvalue weighted by Crippen LogP contribution is -2.52. The Hall–Kier alpha value is -1.99. The molecule has 0 bridgehead atoms. The highest BCUT2D eigenvalue weighted by Gasteiger charge is 2.26. The van der Waals surface area contributed by atoms with Crippen LogP contribution in [0.25, 0.3) is 5.69 Å². The number of nitrogens with one attached hydrogen (secondary N) is 1. The molecule has 0 aliphatic heterocycles. The van der Waals surface area contributed by atoms with Gasteiger partial charge in [0.15, 0.2) is 0 Å². The van der Waals surface area contributed by atoms with Crippen molar-refractivity contribution in [3.05, 3.63) is 36.2 Å². The maximum Gasteiger partial charge on any atom is 0.251 e. The zero-order valence-corrected chi connectivity index (χ0v) is 13.5. The van der Waals surface area contributed by atoms with E-state index in [1.54, 1.807) is 24.3 Å². The summed E-state index contributed by atoms with van der Waals surface area (Å²) >= 11 is 0. The van der Waals surface area contributed by atoms with Crippen LogP contribution in [-0.4, -0.2) is 38.2 Å². The number of hydrogen-bond donors (Lipinski definition) is 2. The maximum atomic E-state index is 12.3. The highest BCUT2D eigenvalue weighted by Crippen LogP contribution is 2.15. The average molecular weight is 325 g/mol. The van der Waals surface area contributed by atoms with Crippen molar-refractivity contribution in [1.29, 1.82) is 0 Å². The van der Waals surface area contributed by atoms with E-state index >= 15 is 0 Å². The topological polar surface area (TPSA) is 98.7 Å². The van der Waals surface area contributed by atoms with Crippen molar-refractivity contribution in [2.45, 2.75) is 32.2 Å². The molecule has 0 fully saturated rings. The van der Waals surface area contributed by atoms with E-state index in [9.17, 15) is 4.79 Å². The molecule has 0 aliphatic carbocycles. The Kier molecular flexibility index (Phi) is 6.45. The molecule has 2 rings (SSSR count). The lowest BCUT2D eigenvalue weighted by atomic mass is 9.92. The average Bonchev–Trinajstić information content (AvgIpc) is 3.07. The predicted molar refractivity (Wildman–Crippen MR) is 86.2 cm³/mol. The van der Waals surface area contributed by atoms with Gasteiger partial charge in [0.05, 0.1) is 11.2 Å². The van der Waals surface area contributed by atoms with Gasteiger partial charge in [-0.1, -0.05) is 13.8 Å². The van der Waals surface area contributed by atoms with Gasteiger partial charge in [0.25, 0.3) is 5.91 Å². The second-order valence-corrected chi connectivity index (χ2v) is 4.95. The van der Waals surface area contributed by atoms with E-state index in [1.807, 2.05) is 13.8 Å². The number of aromatic nitrogens is 4. The summed E-state index contributed by atoms with van der Waals surface area (Å²) in [5, 5.41) is 14.0. The third-order valence-corrected chi connectivity index (χ3v) is 3.87. The summed E-state index contributed by atoms with van der Waals surface area (Å²) in [5.74, 6) is -0.118. The molecule has 0 aliphatic rings. The number of nitrogens with zero attached hydrogens (tertiary/aromatic N) is 4. The van der Waals surface area contributed by atoms with Crippen LogP contribution in [0.5, 0.6) is 0 Å². The Balaban J connectivity index is 0.00000242. The molecule has 1 aromatic heterocycles. The molecular weight excluding hydrogens is 304 g/mol. The normalized spacial score (nSPS) is 10.9. The molecule has 0 spiro atoms.